The van der Waals surface area contributed by atoms with E-state index in [1.165, 1.54) is 5.69 Å². The van der Waals surface area contributed by atoms with Crippen LogP contribution in [0.4, 0.5) is 5.69 Å². The Kier molecular flexibility index (Phi) is 7.43. The third-order valence-corrected chi connectivity index (χ3v) is 6.31. The number of benzene rings is 1. The van der Waals surface area contributed by atoms with E-state index in [-0.39, 0.29) is 0 Å². The molecule has 2 aliphatic heterocycles. The van der Waals surface area contributed by atoms with Crippen molar-refractivity contribution in [3.05, 3.63) is 54.2 Å². The first kappa shape index (κ1) is 20.8. The Hall–Kier alpha value is -1.94. The van der Waals surface area contributed by atoms with Crippen molar-refractivity contribution < 1.29 is 4.79 Å². The monoisotopic (exact) mass is 401 g/mol. The third kappa shape index (κ3) is 5.78. The smallest absolute Gasteiger partial charge is 0.222 e. The van der Waals surface area contributed by atoms with Gasteiger partial charge in [0.1, 0.15) is 0 Å². The normalized spacial score (nSPS) is 18.8. The second-order valence-corrected chi connectivity index (χ2v) is 8.41. The number of hydrogen-bond donors (Lipinski definition) is 1. The van der Waals surface area contributed by atoms with Gasteiger partial charge in [-0.25, -0.2) is 0 Å². The van der Waals surface area contributed by atoms with Gasteiger partial charge < -0.3 is 15.1 Å². The van der Waals surface area contributed by atoms with Crippen molar-refractivity contribution in [2.75, 3.05) is 31.1 Å². The van der Waals surface area contributed by atoms with E-state index in [1.54, 1.807) is 6.08 Å². The minimum atomic E-state index is 0.320. The highest BCUT2D eigenvalue weighted by atomic mass is 35.5. The molecule has 0 radical (unpaired) electrons. The Morgan fingerprint density at radius 1 is 1.11 bits per heavy atom. The van der Waals surface area contributed by atoms with Crippen molar-refractivity contribution >= 4 is 23.2 Å². The van der Waals surface area contributed by atoms with Crippen LogP contribution in [-0.4, -0.2) is 43.0 Å². The molecule has 3 rings (SSSR count). The van der Waals surface area contributed by atoms with Crippen LogP contribution in [0, 0.1) is 5.92 Å². The molecule has 152 valence electrons. The van der Waals surface area contributed by atoms with Gasteiger partial charge in [-0.15, -0.1) is 0 Å². The number of allylic oxidation sites excluding steroid dienone is 1. The maximum Gasteiger partial charge on any atom is 0.222 e. The minimum absolute atomic E-state index is 0.320. The Balaban J connectivity index is 1.35. The van der Waals surface area contributed by atoms with E-state index < -0.39 is 0 Å². The summed E-state index contributed by atoms with van der Waals surface area (Å²) in [5.74, 6) is 0.976. The molecule has 0 bridgehead atoms. The number of rotatable bonds is 7. The molecule has 2 saturated heterocycles. The third-order valence-electron chi connectivity index (χ3n) is 6.06. The summed E-state index contributed by atoms with van der Waals surface area (Å²) in [6.45, 7) is 11.4. The molecule has 2 aliphatic rings. The zero-order chi connectivity index (χ0) is 19.9. The molecule has 1 amide bonds. The predicted octanol–water partition coefficient (Wildman–Crippen LogP) is 4.62. The molecule has 0 aliphatic carbocycles. The number of carbonyl (C=O) groups excluding carboxylic acids is 1. The molecule has 5 heteroatoms. The largest absolute Gasteiger partial charge is 0.383 e. The van der Waals surface area contributed by atoms with Crippen LogP contribution in [0.5, 0.6) is 0 Å². The summed E-state index contributed by atoms with van der Waals surface area (Å²) in [7, 11) is 0. The van der Waals surface area contributed by atoms with Crippen LogP contribution in [0.1, 0.15) is 38.5 Å². The van der Waals surface area contributed by atoms with Gasteiger partial charge in [-0.1, -0.05) is 24.8 Å². The number of nitrogens with zero attached hydrogens (tertiary/aromatic N) is 2. The second-order valence-electron chi connectivity index (χ2n) is 7.97. The quantitative estimate of drug-likeness (QED) is 0.677. The van der Waals surface area contributed by atoms with Gasteiger partial charge in [0.05, 0.1) is 0 Å². The summed E-state index contributed by atoms with van der Waals surface area (Å²) in [4.78, 5) is 17.1. The molecule has 0 atom stereocenters. The first-order valence-corrected chi connectivity index (χ1v) is 10.8. The molecular formula is C23H32ClN3O. The second kappa shape index (κ2) is 10.0. The molecule has 0 spiro atoms. The maximum atomic E-state index is 12.6. The van der Waals surface area contributed by atoms with Crippen LogP contribution in [0.3, 0.4) is 0 Å². The number of nitrogens with one attached hydrogen (secondary N) is 1. The fourth-order valence-electron chi connectivity index (χ4n) is 4.21. The number of carbonyl (C=O) groups is 1. The number of anilines is 1. The van der Waals surface area contributed by atoms with Crippen LogP contribution >= 0.6 is 11.6 Å². The maximum absolute atomic E-state index is 12.6. The average Bonchev–Trinajstić information content (AvgIpc) is 2.73. The minimum Gasteiger partial charge on any atom is -0.383 e. The van der Waals surface area contributed by atoms with E-state index in [0.717, 1.165) is 69.0 Å². The number of piperidine rings is 2. The molecule has 1 N–H and O–H groups in total. The highest BCUT2D eigenvalue weighted by Crippen LogP contribution is 2.27. The Labute approximate surface area is 174 Å². The highest BCUT2D eigenvalue weighted by Gasteiger charge is 2.24. The Morgan fingerprint density at radius 3 is 2.36 bits per heavy atom. The number of likely N-dealkylation sites (tertiary alicyclic amines) is 1. The van der Waals surface area contributed by atoms with Crippen molar-refractivity contribution in [2.45, 2.75) is 44.6 Å². The fourth-order valence-corrected chi connectivity index (χ4v) is 4.34. The molecule has 28 heavy (non-hydrogen) atoms. The van der Waals surface area contributed by atoms with Crippen LogP contribution < -0.4 is 10.2 Å². The van der Waals surface area contributed by atoms with Gasteiger partial charge in [0.15, 0.2) is 0 Å². The summed E-state index contributed by atoms with van der Waals surface area (Å²) in [5.41, 5.74) is 2.12. The molecule has 1 aromatic carbocycles. The van der Waals surface area contributed by atoms with E-state index >= 15 is 0 Å². The van der Waals surface area contributed by atoms with Gasteiger partial charge in [0, 0.05) is 55.0 Å². The molecular weight excluding hydrogens is 370 g/mol. The summed E-state index contributed by atoms with van der Waals surface area (Å²) in [6, 6.07) is 8.50. The van der Waals surface area contributed by atoms with Crippen molar-refractivity contribution in [3.63, 3.8) is 0 Å². The lowest BCUT2D eigenvalue weighted by Gasteiger charge is -2.35. The Bertz CT molecular complexity index is 672. The topological polar surface area (TPSA) is 35.6 Å². The molecule has 0 aromatic heterocycles. The van der Waals surface area contributed by atoms with E-state index in [2.05, 4.69) is 35.5 Å². The number of amides is 1. The summed E-state index contributed by atoms with van der Waals surface area (Å²) in [5, 5.41) is 4.15. The van der Waals surface area contributed by atoms with E-state index in [9.17, 15) is 4.79 Å². The zero-order valence-corrected chi connectivity index (χ0v) is 17.5. The van der Waals surface area contributed by atoms with Crippen LogP contribution in [0.15, 0.2) is 49.2 Å². The summed E-state index contributed by atoms with van der Waals surface area (Å²) >= 11 is 5.98. The van der Waals surface area contributed by atoms with Crippen LogP contribution in [0.25, 0.3) is 0 Å². The van der Waals surface area contributed by atoms with E-state index in [0.29, 0.717) is 24.3 Å². The van der Waals surface area contributed by atoms with Crippen LogP contribution in [-0.2, 0) is 4.79 Å². The van der Waals surface area contributed by atoms with Crippen molar-refractivity contribution in [1.82, 2.24) is 10.2 Å². The lowest BCUT2D eigenvalue weighted by Crippen LogP contribution is -2.44. The van der Waals surface area contributed by atoms with Gasteiger partial charge in [-0.05, 0) is 68.4 Å². The van der Waals surface area contributed by atoms with Crippen molar-refractivity contribution in [3.8, 4) is 0 Å². The standard InChI is InChI=1S/C23H32ClN3O/c1-3-18(2)25-21-12-16-27(17-13-21)23(28)9-4-19-10-14-26(15-11-19)22-7-5-20(24)6-8-22/h3,5-8,19,21,25H,1-2,4,9-17H2. The lowest BCUT2D eigenvalue weighted by molar-refractivity contribution is -0.132. The van der Waals surface area contributed by atoms with Crippen LogP contribution in [0.2, 0.25) is 5.02 Å². The average molecular weight is 402 g/mol. The van der Waals surface area contributed by atoms with E-state index in [4.69, 9.17) is 11.6 Å². The molecule has 2 fully saturated rings. The molecule has 0 unspecified atom stereocenters. The van der Waals surface area contributed by atoms with Crippen molar-refractivity contribution in [2.24, 2.45) is 5.92 Å². The molecule has 1 aromatic rings. The first-order valence-electron chi connectivity index (χ1n) is 10.4. The Morgan fingerprint density at radius 2 is 1.75 bits per heavy atom. The van der Waals surface area contributed by atoms with E-state index in [1.807, 2.05) is 17.0 Å². The van der Waals surface area contributed by atoms with Gasteiger partial charge in [0.2, 0.25) is 5.91 Å². The fraction of sp³-hybridized carbons (Fsp3) is 0.522. The summed E-state index contributed by atoms with van der Waals surface area (Å²) < 4.78 is 0. The van der Waals surface area contributed by atoms with Gasteiger partial charge in [-0.3, -0.25) is 4.79 Å². The number of hydrogen-bond acceptors (Lipinski definition) is 3. The SMILES string of the molecule is C=CC(=C)NC1CCN(C(=O)CCC2CCN(c3ccc(Cl)cc3)CC2)CC1. The zero-order valence-electron chi connectivity index (χ0n) is 16.7. The lowest BCUT2D eigenvalue weighted by atomic mass is 9.91. The van der Waals surface area contributed by atoms with Gasteiger partial charge in [-0.2, -0.15) is 0 Å². The van der Waals surface area contributed by atoms with Gasteiger partial charge >= 0.3 is 0 Å². The highest BCUT2D eigenvalue weighted by molar-refractivity contribution is 6.30. The van der Waals surface area contributed by atoms with Gasteiger partial charge in [0.25, 0.3) is 0 Å². The summed E-state index contributed by atoms with van der Waals surface area (Å²) in [6.07, 6.45) is 7.73. The molecule has 0 saturated carbocycles. The van der Waals surface area contributed by atoms with Crippen molar-refractivity contribution in [1.29, 1.82) is 0 Å². The number of halogens is 1. The predicted molar refractivity (Wildman–Crippen MR) is 118 cm³/mol. The first-order chi connectivity index (χ1) is 13.5. The molecule has 4 nitrogen and oxygen atoms in total. The molecule has 2 heterocycles.